The number of rotatable bonds is 6. The molecular formula is C11H18ClNOS. The van der Waals surface area contributed by atoms with Gasteiger partial charge in [-0.2, -0.15) is 0 Å². The van der Waals surface area contributed by atoms with Crippen molar-refractivity contribution >= 4 is 22.9 Å². The van der Waals surface area contributed by atoms with E-state index in [1.807, 2.05) is 12.1 Å². The first-order valence-electron chi connectivity index (χ1n) is 5.20. The van der Waals surface area contributed by atoms with Gasteiger partial charge < -0.3 is 10.4 Å². The van der Waals surface area contributed by atoms with Gasteiger partial charge in [0, 0.05) is 23.6 Å². The lowest BCUT2D eigenvalue weighted by Crippen LogP contribution is -2.41. The van der Waals surface area contributed by atoms with Gasteiger partial charge in [0.05, 0.1) is 4.34 Å². The van der Waals surface area contributed by atoms with Crippen molar-refractivity contribution in [1.82, 2.24) is 5.32 Å². The van der Waals surface area contributed by atoms with E-state index in [0.717, 1.165) is 23.7 Å². The Kier molecular flexibility index (Phi) is 5.06. The van der Waals surface area contributed by atoms with Gasteiger partial charge in [0.15, 0.2) is 0 Å². The Morgan fingerprint density at radius 1 is 1.53 bits per heavy atom. The number of hydrogen-bond acceptors (Lipinski definition) is 3. The van der Waals surface area contributed by atoms with Crippen LogP contribution < -0.4 is 5.32 Å². The summed E-state index contributed by atoms with van der Waals surface area (Å²) in [5.41, 5.74) is 0.0191. The Morgan fingerprint density at radius 2 is 2.27 bits per heavy atom. The minimum atomic E-state index is 0.0191. The molecule has 0 saturated heterocycles. The quantitative estimate of drug-likeness (QED) is 0.810. The van der Waals surface area contributed by atoms with Crippen LogP contribution >= 0.6 is 22.9 Å². The summed E-state index contributed by atoms with van der Waals surface area (Å²) in [4.78, 5) is 1.23. The molecule has 0 aliphatic heterocycles. The molecule has 1 atom stereocenters. The monoisotopic (exact) mass is 247 g/mol. The highest BCUT2D eigenvalue weighted by atomic mass is 35.5. The first-order valence-corrected chi connectivity index (χ1v) is 6.39. The number of thiophene rings is 1. The lowest BCUT2D eigenvalue weighted by molar-refractivity contribution is 0.215. The molecule has 0 fully saturated rings. The van der Waals surface area contributed by atoms with Crippen LogP contribution in [0.4, 0.5) is 0 Å². The molecule has 1 aromatic rings. The van der Waals surface area contributed by atoms with Crippen LogP contribution in [-0.2, 0) is 6.54 Å². The van der Waals surface area contributed by atoms with Gasteiger partial charge in [-0.25, -0.2) is 0 Å². The summed E-state index contributed by atoms with van der Waals surface area (Å²) in [6, 6.07) is 3.95. The average Bonchev–Trinajstić information content (AvgIpc) is 2.62. The van der Waals surface area contributed by atoms with Crippen molar-refractivity contribution in [3.05, 3.63) is 21.3 Å². The Balaban J connectivity index is 2.47. The highest BCUT2D eigenvalue weighted by Crippen LogP contribution is 2.22. The predicted octanol–water partition coefficient (Wildman–Crippen LogP) is 3.04. The van der Waals surface area contributed by atoms with Gasteiger partial charge in [-0.1, -0.05) is 18.5 Å². The van der Waals surface area contributed by atoms with E-state index in [1.165, 1.54) is 4.88 Å². The second kappa shape index (κ2) is 5.85. The lowest BCUT2D eigenvalue weighted by Gasteiger charge is -2.28. The van der Waals surface area contributed by atoms with Crippen molar-refractivity contribution in [2.24, 2.45) is 0 Å². The van der Waals surface area contributed by atoms with E-state index in [9.17, 15) is 0 Å². The van der Waals surface area contributed by atoms with E-state index >= 15 is 0 Å². The molecule has 86 valence electrons. The van der Waals surface area contributed by atoms with Crippen molar-refractivity contribution in [2.45, 2.75) is 38.8 Å². The third kappa shape index (κ3) is 4.11. The van der Waals surface area contributed by atoms with Gasteiger partial charge in [-0.05, 0) is 31.9 Å². The highest BCUT2D eigenvalue weighted by Gasteiger charge is 2.20. The molecule has 0 amide bonds. The molecule has 0 bridgehead atoms. The molecule has 1 rings (SSSR count). The average molecular weight is 248 g/mol. The van der Waals surface area contributed by atoms with Crippen LogP contribution in [0, 0.1) is 0 Å². The topological polar surface area (TPSA) is 32.3 Å². The van der Waals surface area contributed by atoms with Crippen LogP contribution in [0.15, 0.2) is 12.1 Å². The SMILES string of the molecule is CCC(C)(CCO)NCc1ccc(Cl)s1. The molecule has 2 N–H and O–H groups in total. The molecular weight excluding hydrogens is 230 g/mol. The predicted molar refractivity (Wildman–Crippen MR) is 66.6 cm³/mol. The van der Waals surface area contributed by atoms with Crippen molar-refractivity contribution in [3.8, 4) is 0 Å². The molecule has 1 aromatic heterocycles. The van der Waals surface area contributed by atoms with Crippen LogP contribution in [0.2, 0.25) is 4.34 Å². The second-order valence-electron chi connectivity index (χ2n) is 3.95. The molecule has 0 aliphatic rings. The number of aliphatic hydroxyl groups excluding tert-OH is 1. The van der Waals surface area contributed by atoms with Crippen LogP contribution in [-0.4, -0.2) is 17.3 Å². The van der Waals surface area contributed by atoms with E-state index in [2.05, 4.69) is 19.2 Å². The minimum Gasteiger partial charge on any atom is -0.396 e. The fourth-order valence-electron chi connectivity index (χ4n) is 1.38. The Labute approximate surface area is 100 Å². The molecule has 0 aromatic carbocycles. The third-order valence-corrected chi connectivity index (χ3v) is 3.99. The maximum Gasteiger partial charge on any atom is 0.0931 e. The molecule has 0 radical (unpaired) electrons. The molecule has 2 nitrogen and oxygen atoms in total. The van der Waals surface area contributed by atoms with E-state index < -0.39 is 0 Å². The number of hydrogen-bond donors (Lipinski definition) is 2. The summed E-state index contributed by atoms with van der Waals surface area (Å²) in [6.07, 6.45) is 1.79. The van der Waals surface area contributed by atoms with Crippen molar-refractivity contribution in [1.29, 1.82) is 0 Å². The summed E-state index contributed by atoms with van der Waals surface area (Å²) in [7, 11) is 0. The third-order valence-electron chi connectivity index (χ3n) is 2.76. The van der Waals surface area contributed by atoms with Crippen LogP contribution in [0.25, 0.3) is 0 Å². The van der Waals surface area contributed by atoms with Crippen molar-refractivity contribution < 1.29 is 5.11 Å². The first-order chi connectivity index (χ1) is 7.09. The van der Waals surface area contributed by atoms with Crippen LogP contribution in [0.5, 0.6) is 0 Å². The van der Waals surface area contributed by atoms with Gasteiger partial charge in [0.2, 0.25) is 0 Å². The summed E-state index contributed by atoms with van der Waals surface area (Å²) in [5.74, 6) is 0. The second-order valence-corrected chi connectivity index (χ2v) is 5.75. The van der Waals surface area contributed by atoms with E-state index in [1.54, 1.807) is 11.3 Å². The van der Waals surface area contributed by atoms with Crippen LogP contribution in [0.1, 0.15) is 31.6 Å². The van der Waals surface area contributed by atoms with Gasteiger partial charge in [-0.3, -0.25) is 0 Å². The lowest BCUT2D eigenvalue weighted by atomic mass is 9.95. The van der Waals surface area contributed by atoms with Crippen LogP contribution in [0.3, 0.4) is 0 Å². The molecule has 0 saturated carbocycles. The number of halogens is 1. The van der Waals surface area contributed by atoms with Gasteiger partial charge >= 0.3 is 0 Å². The summed E-state index contributed by atoms with van der Waals surface area (Å²) in [5, 5.41) is 12.4. The maximum atomic E-state index is 8.98. The normalized spacial score (nSPS) is 15.2. The first kappa shape index (κ1) is 13.0. The smallest absolute Gasteiger partial charge is 0.0931 e. The molecule has 4 heteroatoms. The number of aliphatic hydroxyl groups is 1. The molecule has 1 unspecified atom stereocenters. The van der Waals surface area contributed by atoms with E-state index in [4.69, 9.17) is 16.7 Å². The maximum absolute atomic E-state index is 8.98. The minimum absolute atomic E-state index is 0.0191. The van der Waals surface area contributed by atoms with E-state index in [-0.39, 0.29) is 12.1 Å². The largest absolute Gasteiger partial charge is 0.396 e. The Morgan fingerprint density at radius 3 is 2.73 bits per heavy atom. The van der Waals surface area contributed by atoms with Gasteiger partial charge in [-0.15, -0.1) is 11.3 Å². The zero-order valence-electron chi connectivity index (χ0n) is 9.22. The zero-order chi connectivity index (χ0) is 11.3. The number of nitrogens with one attached hydrogen (secondary N) is 1. The highest BCUT2D eigenvalue weighted by molar-refractivity contribution is 7.16. The zero-order valence-corrected chi connectivity index (χ0v) is 10.8. The fourth-order valence-corrected chi connectivity index (χ4v) is 2.41. The molecule has 0 spiro atoms. The summed E-state index contributed by atoms with van der Waals surface area (Å²) < 4.78 is 0.826. The Bertz CT molecular complexity index is 303. The molecule has 1 heterocycles. The summed E-state index contributed by atoms with van der Waals surface area (Å²) in [6.45, 7) is 5.31. The fraction of sp³-hybridized carbons (Fsp3) is 0.636. The molecule has 0 aliphatic carbocycles. The van der Waals surface area contributed by atoms with Gasteiger partial charge in [0.25, 0.3) is 0 Å². The van der Waals surface area contributed by atoms with Crippen molar-refractivity contribution in [2.75, 3.05) is 6.61 Å². The summed E-state index contributed by atoms with van der Waals surface area (Å²) >= 11 is 7.45. The Hall–Kier alpha value is -0.0900. The standard InChI is InChI=1S/C11H18ClNOS/c1-3-11(2,6-7-14)13-8-9-4-5-10(12)15-9/h4-5,13-14H,3,6-8H2,1-2H3. The molecule has 15 heavy (non-hydrogen) atoms. The van der Waals surface area contributed by atoms with Crippen molar-refractivity contribution in [3.63, 3.8) is 0 Å². The van der Waals surface area contributed by atoms with E-state index in [0.29, 0.717) is 0 Å². The van der Waals surface area contributed by atoms with Gasteiger partial charge in [0.1, 0.15) is 0 Å².